The van der Waals surface area contributed by atoms with Crippen molar-refractivity contribution in [1.82, 2.24) is 0 Å². The molecule has 3 N–H and O–H groups in total. The highest BCUT2D eigenvalue weighted by Crippen LogP contribution is 2.45. The SMILES string of the molecule is CCCCCCCCCCC(=O)OC[C@H](COP(=O)(O)OC[C@H](O)COP(=O)(O)OC[C@@H](COC(=O)CCCCCCCCCCCC(C)C)OC(=O)CCCCCCCCCCCCCCCCC(C)C)OC(=O)CCCCCCCCCC. The number of esters is 4. The van der Waals surface area contributed by atoms with Crippen LogP contribution in [0.4, 0.5) is 0 Å². The van der Waals surface area contributed by atoms with Crippen molar-refractivity contribution >= 4 is 39.5 Å². The fourth-order valence-corrected chi connectivity index (χ4v) is 11.5. The molecule has 0 aliphatic rings. The van der Waals surface area contributed by atoms with E-state index >= 15 is 0 Å². The first-order valence-electron chi connectivity index (χ1n) is 34.5. The van der Waals surface area contributed by atoms with Crippen LogP contribution in [-0.4, -0.2) is 96.7 Å². The van der Waals surface area contributed by atoms with Crippen LogP contribution in [0.3, 0.4) is 0 Å². The van der Waals surface area contributed by atoms with Crippen LogP contribution in [0.15, 0.2) is 0 Å². The third-order valence-electron chi connectivity index (χ3n) is 15.2. The Bertz CT molecular complexity index is 1670. The lowest BCUT2D eigenvalue weighted by Gasteiger charge is -2.21. The maximum atomic E-state index is 13.0. The van der Waals surface area contributed by atoms with Crippen molar-refractivity contribution in [1.29, 1.82) is 0 Å². The highest BCUT2D eigenvalue weighted by atomic mass is 31.2. The Morgan fingerprint density at radius 3 is 0.800 bits per heavy atom. The minimum absolute atomic E-state index is 0.105. The van der Waals surface area contributed by atoms with Gasteiger partial charge in [-0.3, -0.25) is 37.3 Å². The summed E-state index contributed by atoms with van der Waals surface area (Å²) in [6, 6.07) is 0. The van der Waals surface area contributed by atoms with Crippen LogP contribution in [-0.2, 0) is 65.4 Å². The Hall–Kier alpha value is -1.94. The summed E-state index contributed by atoms with van der Waals surface area (Å²) in [5.74, 6) is -0.596. The summed E-state index contributed by atoms with van der Waals surface area (Å²) in [7, 11) is -9.88. The molecule has 0 rings (SSSR count). The standard InChI is InChI=1S/C66H128O17P2/c1-7-9-11-13-15-30-36-42-48-63(68)76-54-61(82-65(70)50-44-38-31-16-14-12-10-8-2)56-80-84(72,73)78-52-60(67)53-79-85(74,75)81-57-62(55-77-64(69)49-43-37-32-27-23-25-29-35-41-47-59(5)6)83-66(71)51-45-39-33-26-22-20-18-17-19-21-24-28-34-40-46-58(3)4/h58-62,67H,7-57H2,1-6H3,(H,72,73)(H,74,75)/t60-,61+,62+/m0/s1. The molecular weight excluding hydrogens is 1130 g/mol. The summed E-state index contributed by atoms with van der Waals surface area (Å²) in [6.45, 7) is 9.46. The van der Waals surface area contributed by atoms with Gasteiger partial charge < -0.3 is 33.8 Å². The van der Waals surface area contributed by atoms with Gasteiger partial charge in [-0.15, -0.1) is 0 Å². The van der Waals surface area contributed by atoms with Crippen LogP contribution < -0.4 is 0 Å². The van der Waals surface area contributed by atoms with E-state index in [0.717, 1.165) is 115 Å². The molecule has 0 radical (unpaired) electrons. The fourth-order valence-electron chi connectivity index (χ4n) is 9.88. The van der Waals surface area contributed by atoms with E-state index in [0.29, 0.717) is 25.7 Å². The Kier molecular flexibility index (Phi) is 57.1. The van der Waals surface area contributed by atoms with E-state index in [-0.39, 0.29) is 25.7 Å². The molecule has 0 aromatic rings. The number of unbranched alkanes of at least 4 members (excludes halogenated alkanes) is 35. The maximum absolute atomic E-state index is 13.0. The quantitative estimate of drug-likeness (QED) is 0.0222. The summed E-state index contributed by atoms with van der Waals surface area (Å²) in [5, 5.41) is 10.5. The van der Waals surface area contributed by atoms with Crippen molar-refractivity contribution in [2.45, 2.75) is 349 Å². The van der Waals surface area contributed by atoms with Gasteiger partial charge in [0.15, 0.2) is 12.2 Å². The Morgan fingerprint density at radius 2 is 0.541 bits per heavy atom. The van der Waals surface area contributed by atoms with Crippen LogP contribution in [0.25, 0.3) is 0 Å². The average Bonchev–Trinajstić information content (AvgIpc) is 3.46. The normalized spacial score (nSPS) is 14.2. The van der Waals surface area contributed by atoms with Gasteiger partial charge in [0.1, 0.15) is 19.3 Å². The lowest BCUT2D eigenvalue weighted by molar-refractivity contribution is -0.161. The van der Waals surface area contributed by atoms with Crippen LogP contribution >= 0.6 is 15.6 Å². The molecule has 85 heavy (non-hydrogen) atoms. The second-order valence-electron chi connectivity index (χ2n) is 24.8. The van der Waals surface area contributed by atoms with Crippen LogP contribution in [0.5, 0.6) is 0 Å². The van der Waals surface area contributed by atoms with Crippen LogP contribution in [0.1, 0.15) is 330 Å². The van der Waals surface area contributed by atoms with Gasteiger partial charge in [0.25, 0.3) is 0 Å². The van der Waals surface area contributed by atoms with Gasteiger partial charge in [-0.2, -0.15) is 0 Å². The smallest absolute Gasteiger partial charge is 0.462 e. The van der Waals surface area contributed by atoms with Crippen molar-refractivity contribution < 1.29 is 80.2 Å². The molecule has 0 saturated carbocycles. The van der Waals surface area contributed by atoms with E-state index in [1.807, 2.05) is 0 Å². The number of ether oxygens (including phenoxy) is 4. The van der Waals surface area contributed by atoms with Crippen molar-refractivity contribution in [2.75, 3.05) is 39.6 Å². The summed E-state index contributed by atoms with van der Waals surface area (Å²) < 4.78 is 68.0. The Morgan fingerprint density at radius 1 is 0.318 bits per heavy atom. The third-order valence-corrected chi connectivity index (χ3v) is 17.1. The molecule has 0 saturated heterocycles. The summed E-state index contributed by atoms with van der Waals surface area (Å²) in [5.41, 5.74) is 0. The first-order chi connectivity index (χ1) is 40.9. The van der Waals surface area contributed by atoms with Crippen molar-refractivity contribution in [3.05, 3.63) is 0 Å². The van der Waals surface area contributed by atoms with E-state index < -0.39 is 97.5 Å². The second kappa shape index (κ2) is 58.4. The molecular formula is C66H128O17P2. The largest absolute Gasteiger partial charge is 0.472 e. The van der Waals surface area contributed by atoms with Gasteiger partial charge in [0.05, 0.1) is 26.4 Å². The number of rotatable bonds is 65. The first kappa shape index (κ1) is 83.1. The van der Waals surface area contributed by atoms with Crippen molar-refractivity contribution in [3.63, 3.8) is 0 Å². The molecule has 0 aromatic carbocycles. The van der Waals surface area contributed by atoms with Gasteiger partial charge in [0, 0.05) is 25.7 Å². The molecule has 0 aromatic heterocycles. The minimum atomic E-state index is -4.95. The summed E-state index contributed by atoms with van der Waals surface area (Å²) in [4.78, 5) is 72.2. The number of hydrogen-bond donors (Lipinski definition) is 3. The van der Waals surface area contributed by atoms with E-state index in [2.05, 4.69) is 41.5 Å². The monoisotopic (exact) mass is 1250 g/mol. The topological polar surface area (TPSA) is 237 Å². The molecule has 19 heteroatoms. The number of carbonyl (C=O) groups excluding carboxylic acids is 4. The molecule has 5 atom stereocenters. The van der Waals surface area contributed by atoms with Crippen molar-refractivity contribution in [3.8, 4) is 0 Å². The molecule has 0 fully saturated rings. The molecule has 0 heterocycles. The second-order valence-corrected chi connectivity index (χ2v) is 27.7. The molecule has 17 nitrogen and oxygen atoms in total. The first-order valence-corrected chi connectivity index (χ1v) is 37.5. The van der Waals surface area contributed by atoms with E-state index in [9.17, 15) is 43.2 Å². The Balaban J connectivity index is 5.19. The Labute approximate surface area is 517 Å². The zero-order valence-electron chi connectivity index (χ0n) is 54.9. The van der Waals surface area contributed by atoms with E-state index in [1.165, 1.54) is 135 Å². The van der Waals surface area contributed by atoms with Gasteiger partial charge in [-0.25, -0.2) is 9.13 Å². The molecule has 0 aliphatic carbocycles. The number of aliphatic hydroxyl groups excluding tert-OH is 1. The van der Waals surface area contributed by atoms with Gasteiger partial charge in [0.2, 0.25) is 0 Å². The fraction of sp³-hybridized carbons (Fsp3) is 0.939. The average molecular weight is 1260 g/mol. The van der Waals surface area contributed by atoms with Crippen molar-refractivity contribution in [2.24, 2.45) is 11.8 Å². The number of aliphatic hydroxyl groups is 1. The summed E-state index contributed by atoms with van der Waals surface area (Å²) in [6.07, 6.45) is 41.8. The molecule has 0 amide bonds. The predicted octanol–water partition coefficient (Wildman–Crippen LogP) is 18.4. The van der Waals surface area contributed by atoms with Gasteiger partial charge in [-0.05, 0) is 37.5 Å². The zero-order chi connectivity index (χ0) is 62.9. The van der Waals surface area contributed by atoms with Crippen LogP contribution in [0.2, 0.25) is 0 Å². The minimum Gasteiger partial charge on any atom is -0.462 e. The lowest BCUT2D eigenvalue weighted by atomic mass is 10.0. The maximum Gasteiger partial charge on any atom is 0.472 e. The number of hydrogen-bond acceptors (Lipinski definition) is 15. The number of carbonyl (C=O) groups is 4. The molecule has 0 aliphatic heterocycles. The highest BCUT2D eigenvalue weighted by Gasteiger charge is 2.30. The van der Waals surface area contributed by atoms with Gasteiger partial charge >= 0.3 is 39.5 Å². The van der Waals surface area contributed by atoms with E-state index in [1.54, 1.807) is 0 Å². The van der Waals surface area contributed by atoms with Crippen LogP contribution in [0, 0.1) is 11.8 Å². The van der Waals surface area contributed by atoms with Gasteiger partial charge in [-0.1, -0.05) is 279 Å². The molecule has 504 valence electrons. The lowest BCUT2D eigenvalue weighted by Crippen LogP contribution is -2.30. The van der Waals surface area contributed by atoms with E-state index in [4.69, 9.17) is 37.0 Å². The number of phosphoric ester groups is 2. The molecule has 0 spiro atoms. The third kappa shape index (κ3) is 60.7. The predicted molar refractivity (Wildman–Crippen MR) is 340 cm³/mol. The summed E-state index contributed by atoms with van der Waals surface area (Å²) >= 11 is 0. The zero-order valence-corrected chi connectivity index (χ0v) is 56.7. The number of phosphoric acid groups is 2. The molecule has 0 bridgehead atoms. The highest BCUT2D eigenvalue weighted by molar-refractivity contribution is 7.47. The molecule has 2 unspecified atom stereocenters.